The molecule has 2 nitrogen and oxygen atoms in total. The zero-order chi connectivity index (χ0) is 12.6. The maximum absolute atomic E-state index is 3.59. The molecule has 0 saturated heterocycles. The van der Waals surface area contributed by atoms with E-state index in [0.29, 0.717) is 0 Å². The lowest BCUT2D eigenvalue weighted by Gasteiger charge is -2.20. The predicted molar refractivity (Wildman–Crippen MR) is 78.9 cm³/mol. The minimum Gasteiger partial charge on any atom is -0.314 e. The molecule has 0 aromatic rings. The summed E-state index contributed by atoms with van der Waals surface area (Å²) in [6.45, 7) is 3.92. The van der Waals surface area contributed by atoms with E-state index < -0.39 is 0 Å². The number of hydrogen-bond acceptors (Lipinski definition) is 2. The van der Waals surface area contributed by atoms with Crippen LogP contribution in [0.3, 0.4) is 0 Å². The third-order valence-corrected chi connectivity index (χ3v) is 4.52. The average molecular weight is 252 g/mol. The minimum absolute atomic E-state index is 0.891. The standard InChI is InChI=1S/C16H32N2/c1-18(14-15-8-4-5-9-15)13-7-3-2-6-12-17-16-10-11-16/h15-17H,2-14H2,1H3. The molecule has 2 saturated carbocycles. The second kappa shape index (κ2) is 8.16. The van der Waals surface area contributed by atoms with Crippen molar-refractivity contribution in [1.82, 2.24) is 10.2 Å². The largest absolute Gasteiger partial charge is 0.314 e. The molecule has 0 heterocycles. The molecule has 2 rings (SSSR count). The van der Waals surface area contributed by atoms with E-state index in [0.717, 1.165) is 12.0 Å². The number of nitrogens with one attached hydrogen (secondary N) is 1. The Morgan fingerprint density at radius 2 is 1.67 bits per heavy atom. The molecule has 0 bridgehead atoms. The maximum atomic E-state index is 3.59. The number of unbranched alkanes of at least 4 members (excludes halogenated alkanes) is 3. The van der Waals surface area contributed by atoms with Gasteiger partial charge in [0.15, 0.2) is 0 Å². The normalized spacial score (nSPS) is 21.0. The van der Waals surface area contributed by atoms with Gasteiger partial charge in [-0.3, -0.25) is 0 Å². The van der Waals surface area contributed by atoms with Gasteiger partial charge in [-0.05, 0) is 64.6 Å². The third-order valence-electron chi connectivity index (χ3n) is 4.52. The molecule has 0 aliphatic heterocycles. The molecular formula is C16H32N2. The summed E-state index contributed by atoms with van der Waals surface area (Å²) in [4.78, 5) is 2.57. The Labute approximate surface area is 114 Å². The van der Waals surface area contributed by atoms with Gasteiger partial charge < -0.3 is 10.2 Å². The van der Waals surface area contributed by atoms with E-state index in [2.05, 4.69) is 17.3 Å². The topological polar surface area (TPSA) is 15.3 Å². The quantitative estimate of drug-likeness (QED) is 0.599. The fourth-order valence-electron chi connectivity index (χ4n) is 3.18. The average Bonchev–Trinajstić information content (AvgIpc) is 3.04. The lowest BCUT2D eigenvalue weighted by atomic mass is 10.1. The summed E-state index contributed by atoms with van der Waals surface area (Å²) in [7, 11) is 2.31. The molecule has 1 N–H and O–H groups in total. The van der Waals surface area contributed by atoms with E-state index in [1.807, 2.05) is 0 Å². The molecule has 2 aliphatic carbocycles. The molecule has 0 spiro atoms. The second-order valence-corrected chi connectivity index (χ2v) is 6.56. The maximum Gasteiger partial charge on any atom is 0.00682 e. The van der Waals surface area contributed by atoms with Crippen molar-refractivity contribution in [3.8, 4) is 0 Å². The van der Waals surface area contributed by atoms with Crippen LogP contribution in [0.1, 0.15) is 64.2 Å². The highest BCUT2D eigenvalue weighted by Gasteiger charge is 2.19. The van der Waals surface area contributed by atoms with Crippen LogP contribution in [0.25, 0.3) is 0 Å². The molecule has 0 atom stereocenters. The first-order chi connectivity index (χ1) is 8.84. The molecule has 0 radical (unpaired) electrons. The summed E-state index contributed by atoms with van der Waals surface area (Å²) >= 11 is 0. The van der Waals surface area contributed by atoms with Crippen LogP contribution in [0.15, 0.2) is 0 Å². The van der Waals surface area contributed by atoms with Gasteiger partial charge in [0.2, 0.25) is 0 Å². The summed E-state index contributed by atoms with van der Waals surface area (Å²) in [6, 6.07) is 0.891. The summed E-state index contributed by atoms with van der Waals surface area (Å²) in [5.74, 6) is 1.01. The molecule has 106 valence electrons. The van der Waals surface area contributed by atoms with Gasteiger partial charge in [0.05, 0.1) is 0 Å². The molecule has 0 aromatic carbocycles. The number of nitrogens with zero attached hydrogens (tertiary/aromatic N) is 1. The Morgan fingerprint density at radius 3 is 2.39 bits per heavy atom. The van der Waals surface area contributed by atoms with Crippen molar-refractivity contribution in [2.24, 2.45) is 5.92 Å². The molecular weight excluding hydrogens is 220 g/mol. The molecule has 0 unspecified atom stereocenters. The summed E-state index contributed by atoms with van der Waals surface area (Å²) in [5, 5.41) is 3.59. The number of hydrogen-bond donors (Lipinski definition) is 1. The molecule has 2 fully saturated rings. The van der Waals surface area contributed by atoms with Crippen molar-refractivity contribution in [1.29, 1.82) is 0 Å². The highest BCUT2D eigenvalue weighted by atomic mass is 15.1. The molecule has 0 amide bonds. The SMILES string of the molecule is CN(CCCCCCNC1CC1)CC1CCCC1. The van der Waals surface area contributed by atoms with Crippen molar-refractivity contribution in [3.05, 3.63) is 0 Å². The van der Waals surface area contributed by atoms with Crippen molar-refractivity contribution in [2.75, 3.05) is 26.7 Å². The lowest BCUT2D eigenvalue weighted by molar-refractivity contribution is 0.272. The lowest BCUT2D eigenvalue weighted by Crippen LogP contribution is -2.25. The van der Waals surface area contributed by atoms with Crippen molar-refractivity contribution in [3.63, 3.8) is 0 Å². The zero-order valence-corrected chi connectivity index (χ0v) is 12.3. The van der Waals surface area contributed by atoms with Crippen molar-refractivity contribution >= 4 is 0 Å². The molecule has 0 aromatic heterocycles. The van der Waals surface area contributed by atoms with Gasteiger partial charge in [0.1, 0.15) is 0 Å². The Bertz CT molecular complexity index is 207. The van der Waals surface area contributed by atoms with Crippen LogP contribution in [-0.2, 0) is 0 Å². The Morgan fingerprint density at radius 1 is 0.944 bits per heavy atom. The predicted octanol–water partition coefficient (Wildman–Crippen LogP) is 3.42. The van der Waals surface area contributed by atoms with E-state index >= 15 is 0 Å². The molecule has 2 heteroatoms. The van der Waals surface area contributed by atoms with Gasteiger partial charge in [-0.15, -0.1) is 0 Å². The van der Waals surface area contributed by atoms with Gasteiger partial charge in [-0.25, -0.2) is 0 Å². The second-order valence-electron chi connectivity index (χ2n) is 6.56. The zero-order valence-electron chi connectivity index (χ0n) is 12.3. The Kier molecular flexibility index (Phi) is 6.50. The minimum atomic E-state index is 0.891. The third kappa shape index (κ3) is 6.19. The first kappa shape index (κ1) is 14.3. The van der Waals surface area contributed by atoms with Gasteiger partial charge >= 0.3 is 0 Å². The Hall–Kier alpha value is -0.0800. The summed E-state index contributed by atoms with van der Waals surface area (Å²) in [5.41, 5.74) is 0. The smallest absolute Gasteiger partial charge is 0.00682 e. The fourth-order valence-corrected chi connectivity index (χ4v) is 3.18. The molecule has 18 heavy (non-hydrogen) atoms. The van der Waals surface area contributed by atoms with E-state index in [1.54, 1.807) is 0 Å². The highest BCUT2D eigenvalue weighted by Crippen LogP contribution is 2.25. The first-order valence-electron chi connectivity index (χ1n) is 8.26. The van der Waals surface area contributed by atoms with Crippen molar-refractivity contribution < 1.29 is 0 Å². The van der Waals surface area contributed by atoms with Crippen molar-refractivity contribution in [2.45, 2.75) is 70.3 Å². The van der Waals surface area contributed by atoms with Crippen LogP contribution < -0.4 is 5.32 Å². The van der Waals surface area contributed by atoms with E-state index in [9.17, 15) is 0 Å². The Balaban J connectivity index is 1.35. The van der Waals surface area contributed by atoms with E-state index in [-0.39, 0.29) is 0 Å². The van der Waals surface area contributed by atoms with E-state index in [1.165, 1.54) is 83.8 Å². The molecule has 2 aliphatic rings. The van der Waals surface area contributed by atoms with Crippen LogP contribution >= 0.6 is 0 Å². The van der Waals surface area contributed by atoms with Crippen LogP contribution in [0.2, 0.25) is 0 Å². The monoisotopic (exact) mass is 252 g/mol. The van der Waals surface area contributed by atoms with Crippen LogP contribution in [-0.4, -0.2) is 37.6 Å². The van der Waals surface area contributed by atoms with Gasteiger partial charge in [-0.1, -0.05) is 25.7 Å². The summed E-state index contributed by atoms with van der Waals surface area (Å²) < 4.78 is 0. The van der Waals surface area contributed by atoms with Crippen LogP contribution in [0.4, 0.5) is 0 Å². The first-order valence-corrected chi connectivity index (χ1v) is 8.26. The highest BCUT2D eigenvalue weighted by molar-refractivity contribution is 4.80. The van der Waals surface area contributed by atoms with Crippen LogP contribution in [0.5, 0.6) is 0 Å². The van der Waals surface area contributed by atoms with Crippen LogP contribution in [0, 0.1) is 5.92 Å². The van der Waals surface area contributed by atoms with Gasteiger partial charge in [-0.2, -0.15) is 0 Å². The fraction of sp³-hybridized carbons (Fsp3) is 1.00. The summed E-state index contributed by atoms with van der Waals surface area (Å²) in [6.07, 6.45) is 14.4. The number of rotatable bonds is 10. The van der Waals surface area contributed by atoms with E-state index in [4.69, 9.17) is 0 Å². The van der Waals surface area contributed by atoms with Gasteiger partial charge in [0, 0.05) is 12.6 Å². The van der Waals surface area contributed by atoms with Gasteiger partial charge in [0.25, 0.3) is 0 Å².